The zero-order valence-corrected chi connectivity index (χ0v) is 13.9. The maximum absolute atomic E-state index is 12.0. The maximum atomic E-state index is 12.0. The average Bonchev–Trinajstić information content (AvgIpc) is 2.65. The van der Waals surface area contributed by atoms with Crippen molar-refractivity contribution >= 4 is 11.9 Å². The van der Waals surface area contributed by atoms with E-state index in [4.69, 9.17) is 24.2 Å². The van der Waals surface area contributed by atoms with Crippen molar-refractivity contribution in [1.82, 2.24) is 9.97 Å². The van der Waals surface area contributed by atoms with Crippen molar-refractivity contribution in [2.45, 2.75) is 0 Å². The molecular weight excluding hydrogens is 328 g/mol. The van der Waals surface area contributed by atoms with E-state index in [9.17, 15) is 4.79 Å². The summed E-state index contributed by atoms with van der Waals surface area (Å²) in [6.45, 7) is -0.300. The molecule has 130 valence electrons. The third-order valence-electron chi connectivity index (χ3n) is 3.00. The number of nitrogens with one attached hydrogen (secondary N) is 1. The molecule has 0 fully saturated rings. The van der Waals surface area contributed by atoms with Gasteiger partial charge in [0.25, 0.3) is 5.91 Å². The van der Waals surface area contributed by atoms with E-state index in [0.29, 0.717) is 17.1 Å². The number of anilines is 1. The van der Waals surface area contributed by atoms with Crippen LogP contribution in [0.1, 0.15) is 5.56 Å². The Morgan fingerprint density at radius 2 is 1.76 bits per heavy atom. The molecule has 2 rings (SSSR count). The molecule has 25 heavy (non-hydrogen) atoms. The lowest BCUT2D eigenvalue weighted by Crippen LogP contribution is -2.21. The first-order chi connectivity index (χ1) is 12.1. The second-order valence-corrected chi connectivity index (χ2v) is 4.59. The molecule has 1 heterocycles. The topological polar surface area (TPSA) is 116 Å². The number of hydrogen-bond donors (Lipinski definition) is 1. The first-order valence-electron chi connectivity index (χ1n) is 7.07. The molecule has 0 aliphatic heterocycles. The molecule has 0 atom stereocenters. The number of methoxy groups -OCH3 is 3. The van der Waals surface area contributed by atoms with Crippen LogP contribution in [0.4, 0.5) is 5.95 Å². The van der Waals surface area contributed by atoms with Gasteiger partial charge in [0.2, 0.25) is 17.7 Å². The summed E-state index contributed by atoms with van der Waals surface area (Å²) in [5.74, 6) is 0.721. The minimum absolute atomic E-state index is 0.0246. The molecule has 1 amide bonds. The molecule has 0 aliphatic rings. The van der Waals surface area contributed by atoms with E-state index < -0.39 is 5.91 Å². The zero-order valence-electron chi connectivity index (χ0n) is 13.9. The van der Waals surface area contributed by atoms with Crippen LogP contribution in [0.5, 0.6) is 23.3 Å². The van der Waals surface area contributed by atoms with Gasteiger partial charge in [-0.25, -0.2) is 0 Å². The number of ether oxygens (including phenoxy) is 4. The minimum atomic E-state index is -0.485. The molecule has 0 radical (unpaired) electrons. The first kappa shape index (κ1) is 17.8. The molecule has 0 aliphatic carbocycles. The lowest BCUT2D eigenvalue weighted by atomic mass is 10.2. The number of carbonyl (C=O) groups excluding carboxylic acids is 1. The first-order valence-corrected chi connectivity index (χ1v) is 7.07. The van der Waals surface area contributed by atoms with Crippen LogP contribution in [0.3, 0.4) is 0 Å². The highest BCUT2D eigenvalue weighted by Crippen LogP contribution is 2.27. The monoisotopic (exact) mass is 344 g/mol. The SMILES string of the molecule is COc1cc(OC)nc(NC(=O)COc2ccc(C#N)cc2OC)n1. The number of nitrogens with zero attached hydrogens (tertiary/aromatic N) is 3. The molecule has 0 saturated carbocycles. The molecule has 0 spiro atoms. The number of hydrogen-bond acceptors (Lipinski definition) is 8. The van der Waals surface area contributed by atoms with Crippen LogP contribution in [-0.2, 0) is 4.79 Å². The molecular formula is C16H16N4O5. The summed E-state index contributed by atoms with van der Waals surface area (Å²) in [6, 6.07) is 8.10. The lowest BCUT2D eigenvalue weighted by molar-refractivity contribution is -0.118. The highest BCUT2D eigenvalue weighted by Gasteiger charge is 2.12. The van der Waals surface area contributed by atoms with Gasteiger partial charge in [0, 0.05) is 6.07 Å². The van der Waals surface area contributed by atoms with Crippen LogP contribution in [0, 0.1) is 11.3 Å². The predicted octanol–water partition coefficient (Wildman–Crippen LogP) is 1.39. The molecule has 9 nitrogen and oxygen atoms in total. The molecule has 9 heteroatoms. The van der Waals surface area contributed by atoms with Gasteiger partial charge in [0.15, 0.2) is 18.1 Å². The van der Waals surface area contributed by atoms with E-state index in [1.807, 2.05) is 6.07 Å². The average molecular weight is 344 g/mol. The molecule has 1 aromatic heterocycles. The number of benzene rings is 1. The Bertz CT molecular complexity index is 781. The summed E-state index contributed by atoms with van der Waals surface area (Å²) in [4.78, 5) is 20.0. The highest BCUT2D eigenvalue weighted by molar-refractivity contribution is 5.90. The minimum Gasteiger partial charge on any atom is -0.493 e. The summed E-state index contributed by atoms with van der Waals surface area (Å²) in [6.07, 6.45) is 0. The van der Waals surface area contributed by atoms with Gasteiger partial charge in [-0.05, 0) is 12.1 Å². The van der Waals surface area contributed by atoms with Gasteiger partial charge in [0.05, 0.1) is 39.0 Å². The number of nitriles is 1. The van der Waals surface area contributed by atoms with Crippen LogP contribution < -0.4 is 24.3 Å². The summed E-state index contributed by atoms with van der Waals surface area (Å²) < 4.78 is 20.6. The highest BCUT2D eigenvalue weighted by atomic mass is 16.5. The van der Waals surface area contributed by atoms with E-state index in [2.05, 4.69) is 15.3 Å². The Labute approximate surface area is 144 Å². The van der Waals surface area contributed by atoms with Gasteiger partial charge in [0.1, 0.15) is 0 Å². The van der Waals surface area contributed by atoms with Crippen molar-refractivity contribution in [2.24, 2.45) is 0 Å². The Hall–Kier alpha value is -3.54. The van der Waals surface area contributed by atoms with E-state index in [1.165, 1.54) is 33.5 Å². The fourth-order valence-electron chi connectivity index (χ4n) is 1.83. The third kappa shape index (κ3) is 4.71. The normalized spacial score (nSPS) is 9.68. The second-order valence-electron chi connectivity index (χ2n) is 4.59. The van der Waals surface area contributed by atoms with Gasteiger partial charge in [-0.1, -0.05) is 0 Å². The van der Waals surface area contributed by atoms with Crippen molar-refractivity contribution in [3.05, 3.63) is 29.8 Å². The number of rotatable bonds is 7. The van der Waals surface area contributed by atoms with Crippen molar-refractivity contribution in [3.8, 4) is 29.3 Å². The van der Waals surface area contributed by atoms with Crippen LogP contribution in [0.2, 0.25) is 0 Å². The summed E-state index contributed by atoms with van der Waals surface area (Å²) in [5, 5.41) is 11.4. The van der Waals surface area contributed by atoms with E-state index >= 15 is 0 Å². The van der Waals surface area contributed by atoms with Crippen molar-refractivity contribution in [1.29, 1.82) is 5.26 Å². The number of amides is 1. The van der Waals surface area contributed by atoms with E-state index in [1.54, 1.807) is 12.1 Å². The maximum Gasteiger partial charge on any atom is 0.264 e. The van der Waals surface area contributed by atoms with Crippen LogP contribution in [0.15, 0.2) is 24.3 Å². The molecule has 0 unspecified atom stereocenters. The Morgan fingerprint density at radius 3 is 2.32 bits per heavy atom. The molecule has 0 bridgehead atoms. The van der Waals surface area contributed by atoms with Crippen LogP contribution in [0.25, 0.3) is 0 Å². The van der Waals surface area contributed by atoms with E-state index in [0.717, 1.165) is 0 Å². The third-order valence-corrected chi connectivity index (χ3v) is 3.00. The number of aromatic nitrogens is 2. The van der Waals surface area contributed by atoms with Gasteiger partial charge in [-0.2, -0.15) is 15.2 Å². The predicted molar refractivity (Wildman–Crippen MR) is 87.0 cm³/mol. The summed E-state index contributed by atoms with van der Waals surface area (Å²) in [5.41, 5.74) is 0.422. The van der Waals surface area contributed by atoms with Crippen LogP contribution >= 0.6 is 0 Å². The van der Waals surface area contributed by atoms with Gasteiger partial charge < -0.3 is 18.9 Å². The van der Waals surface area contributed by atoms with Crippen molar-refractivity contribution < 1.29 is 23.7 Å². The standard InChI is InChI=1S/C16H16N4O5/c1-22-12-6-10(8-17)4-5-11(12)25-9-13(21)18-16-19-14(23-2)7-15(20-16)24-3/h4-7H,9H2,1-3H3,(H,18,19,20,21). The smallest absolute Gasteiger partial charge is 0.264 e. The Balaban J connectivity index is 2.03. The second kappa shape index (κ2) is 8.35. The van der Waals surface area contributed by atoms with Gasteiger partial charge in [-0.15, -0.1) is 0 Å². The largest absolute Gasteiger partial charge is 0.493 e. The van der Waals surface area contributed by atoms with Crippen LogP contribution in [-0.4, -0.2) is 43.8 Å². The summed E-state index contributed by atoms with van der Waals surface area (Å²) in [7, 11) is 4.32. The molecule has 2 aromatic rings. The van der Waals surface area contributed by atoms with Gasteiger partial charge in [-0.3, -0.25) is 10.1 Å². The number of carbonyl (C=O) groups is 1. The fraction of sp³-hybridized carbons (Fsp3) is 0.250. The fourth-order valence-corrected chi connectivity index (χ4v) is 1.83. The summed E-state index contributed by atoms with van der Waals surface area (Å²) >= 11 is 0. The molecule has 1 N–H and O–H groups in total. The zero-order chi connectivity index (χ0) is 18.2. The van der Waals surface area contributed by atoms with E-state index in [-0.39, 0.29) is 24.3 Å². The van der Waals surface area contributed by atoms with Gasteiger partial charge >= 0.3 is 0 Å². The Kier molecular flexibility index (Phi) is 5.95. The quantitative estimate of drug-likeness (QED) is 0.801. The molecule has 1 aromatic carbocycles. The Morgan fingerprint density at radius 1 is 1.08 bits per heavy atom. The molecule has 0 saturated heterocycles. The van der Waals surface area contributed by atoms with Crippen molar-refractivity contribution in [3.63, 3.8) is 0 Å². The van der Waals surface area contributed by atoms with Crippen molar-refractivity contribution in [2.75, 3.05) is 33.3 Å². The lowest BCUT2D eigenvalue weighted by Gasteiger charge is -2.11.